The number of thiophene rings is 1. The summed E-state index contributed by atoms with van der Waals surface area (Å²) in [6, 6.07) is 10.2. The molecule has 0 saturated heterocycles. The van der Waals surface area contributed by atoms with Gasteiger partial charge in [0.05, 0.1) is 26.4 Å². The van der Waals surface area contributed by atoms with Crippen molar-refractivity contribution in [3.63, 3.8) is 0 Å². The first-order valence-electron chi connectivity index (χ1n) is 8.41. The summed E-state index contributed by atoms with van der Waals surface area (Å²) >= 11 is 7.48. The molecule has 7 nitrogen and oxygen atoms in total. The van der Waals surface area contributed by atoms with Gasteiger partial charge in [0, 0.05) is 34.0 Å². The summed E-state index contributed by atoms with van der Waals surface area (Å²) in [5.74, 6) is 0.512. The van der Waals surface area contributed by atoms with E-state index in [9.17, 15) is 9.59 Å². The molecule has 0 bridgehead atoms. The quantitative estimate of drug-likeness (QED) is 0.554. The minimum Gasteiger partial charge on any atom is -0.497 e. The molecular weight excluding hydrogens is 418 g/mol. The van der Waals surface area contributed by atoms with Gasteiger partial charge < -0.3 is 24.3 Å². The number of anilines is 1. The molecule has 1 amide bonds. The Kier molecular flexibility index (Phi) is 6.46. The molecular formula is C20H18ClNO6S. The standard InChI is InChI=1S/C20H18ClNO6S/c1-25-12-4-5-15-16(9-12)29-19(18(15)21)20(24)28-10-17(23)22-11-6-13(26-2)8-14(7-11)27-3/h4-9H,10H2,1-3H3,(H,22,23). The third-order valence-electron chi connectivity index (χ3n) is 3.99. The fourth-order valence-corrected chi connectivity index (χ4v) is 4.01. The lowest BCUT2D eigenvalue weighted by Gasteiger charge is -2.10. The van der Waals surface area contributed by atoms with Crippen molar-refractivity contribution >= 4 is 50.6 Å². The molecule has 0 spiro atoms. The van der Waals surface area contributed by atoms with Crippen molar-refractivity contribution < 1.29 is 28.5 Å². The third kappa shape index (κ3) is 4.72. The molecule has 0 unspecified atom stereocenters. The van der Waals surface area contributed by atoms with Gasteiger partial charge in [-0.15, -0.1) is 11.3 Å². The highest BCUT2D eigenvalue weighted by Gasteiger charge is 2.20. The van der Waals surface area contributed by atoms with Crippen LogP contribution < -0.4 is 19.5 Å². The van der Waals surface area contributed by atoms with E-state index in [4.69, 9.17) is 30.5 Å². The zero-order valence-corrected chi connectivity index (χ0v) is 17.5. The second-order valence-electron chi connectivity index (χ2n) is 5.83. The summed E-state index contributed by atoms with van der Waals surface area (Å²) in [7, 11) is 4.57. The summed E-state index contributed by atoms with van der Waals surface area (Å²) < 4.78 is 21.4. The van der Waals surface area contributed by atoms with Crippen LogP contribution in [0.5, 0.6) is 17.2 Å². The number of fused-ring (bicyclic) bond motifs is 1. The van der Waals surface area contributed by atoms with Crippen molar-refractivity contribution in [1.82, 2.24) is 0 Å². The van der Waals surface area contributed by atoms with E-state index in [1.54, 1.807) is 43.5 Å². The fraction of sp³-hybridized carbons (Fsp3) is 0.200. The SMILES string of the molecule is COc1cc(NC(=O)COC(=O)c2sc3cc(OC)ccc3c2Cl)cc(OC)c1. The number of halogens is 1. The normalized spacial score (nSPS) is 10.5. The molecule has 152 valence electrons. The smallest absolute Gasteiger partial charge is 0.350 e. The topological polar surface area (TPSA) is 83.1 Å². The van der Waals surface area contributed by atoms with Crippen molar-refractivity contribution in [2.45, 2.75) is 0 Å². The number of benzene rings is 2. The molecule has 1 heterocycles. The first kappa shape index (κ1) is 20.8. The number of carbonyl (C=O) groups is 2. The maximum atomic E-state index is 12.4. The summed E-state index contributed by atoms with van der Waals surface area (Å²) in [6.07, 6.45) is 0. The number of methoxy groups -OCH3 is 3. The average molecular weight is 436 g/mol. The molecule has 3 aromatic rings. The Hall–Kier alpha value is -2.97. The lowest BCUT2D eigenvalue weighted by molar-refractivity contribution is -0.119. The lowest BCUT2D eigenvalue weighted by Crippen LogP contribution is -2.20. The van der Waals surface area contributed by atoms with Crippen molar-refractivity contribution in [3.05, 3.63) is 46.3 Å². The van der Waals surface area contributed by atoms with E-state index >= 15 is 0 Å². The fourth-order valence-electron chi connectivity index (χ4n) is 2.58. The van der Waals surface area contributed by atoms with Crippen molar-refractivity contribution in [3.8, 4) is 17.2 Å². The number of esters is 1. The van der Waals surface area contributed by atoms with Crippen LogP contribution in [-0.4, -0.2) is 39.8 Å². The molecule has 0 atom stereocenters. The average Bonchev–Trinajstić information content (AvgIpc) is 3.07. The van der Waals surface area contributed by atoms with Crippen molar-refractivity contribution in [2.75, 3.05) is 33.3 Å². The van der Waals surface area contributed by atoms with Crippen LogP contribution in [0.4, 0.5) is 5.69 Å². The van der Waals surface area contributed by atoms with Gasteiger partial charge in [-0.05, 0) is 18.2 Å². The van der Waals surface area contributed by atoms with Crippen LogP contribution in [0.15, 0.2) is 36.4 Å². The number of carbonyl (C=O) groups excluding carboxylic acids is 2. The van der Waals surface area contributed by atoms with E-state index in [1.807, 2.05) is 0 Å². The van der Waals surface area contributed by atoms with Crippen LogP contribution in [-0.2, 0) is 9.53 Å². The largest absolute Gasteiger partial charge is 0.497 e. The Bertz CT molecular complexity index is 1040. The van der Waals surface area contributed by atoms with Gasteiger partial charge >= 0.3 is 5.97 Å². The molecule has 3 rings (SSSR count). The van der Waals surface area contributed by atoms with Gasteiger partial charge in [0.25, 0.3) is 5.91 Å². The molecule has 1 aromatic heterocycles. The summed E-state index contributed by atoms with van der Waals surface area (Å²) in [5.41, 5.74) is 0.453. The van der Waals surface area contributed by atoms with Crippen LogP contribution >= 0.6 is 22.9 Å². The Labute approximate surface area is 176 Å². The Balaban J connectivity index is 1.67. The zero-order valence-electron chi connectivity index (χ0n) is 15.9. The summed E-state index contributed by atoms with van der Waals surface area (Å²) in [4.78, 5) is 24.8. The first-order valence-corrected chi connectivity index (χ1v) is 9.60. The number of hydrogen-bond acceptors (Lipinski definition) is 7. The van der Waals surface area contributed by atoms with E-state index in [0.717, 1.165) is 10.1 Å². The monoisotopic (exact) mass is 435 g/mol. The Morgan fingerprint density at radius 2 is 1.62 bits per heavy atom. The van der Waals surface area contributed by atoms with Gasteiger partial charge in [-0.2, -0.15) is 0 Å². The Morgan fingerprint density at radius 3 is 2.24 bits per heavy atom. The molecule has 0 aliphatic heterocycles. The van der Waals surface area contributed by atoms with E-state index in [-0.39, 0.29) is 9.90 Å². The van der Waals surface area contributed by atoms with Crippen molar-refractivity contribution in [1.29, 1.82) is 0 Å². The van der Waals surface area contributed by atoms with E-state index in [1.165, 1.54) is 25.6 Å². The number of rotatable bonds is 7. The molecule has 29 heavy (non-hydrogen) atoms. The molecule has 0 fully saturated rings. The minimum absolute atomic E-state index is 0.228. The van der Waals surface area contributed by atoms with Crippen LogP contribution in [0.1, 0.15) is 9.67 Å². The predicted molar refractivity (Wildman–Crippen MR) is 112 cm³/mol. The highest BCUT2D eigenvalue weighted by molar-refractivity contribution is 7.21. The van der Waals surface area contributed by atoms with Gasteiger partial charge in [-0.1, -0.05) is 11.6 Å². The number of ether oxygens (including phenoxy) is 4. The van der Waals surface area contributed by atoms with E-state index < -0.39 is 18.5 Å². The number of hydrogen-bond donors (Lipinski definition) is 1. The lowest BCUT2D eigenvalue weighted by atomic mass is 10.2. The molecule has 0 radical (unpaired) electrons. The molecule has 1 N–H and O–H groups in total. The maximum absolute atomic E-state index is 12.4. The minimum atomic E-state index is -0.673. The van der Waals surface area contributed by atoms with Gasteiger partial charge in [0.1, 0.15) is 22.1 Å². The summed E-state index contributed by atoms with van der Waals surface area (Å²) in [5, 5.41) is 3.64. The Morgan fingerprint density at radius 1 is 0.966 bits per heavy atom. The van der Waals surface area contributed by atoms with Gasteiger partial charge in [0.2, 0.25) is 0 Å². The van der Waals surface area contributed by atoms with E-state index in [0.29, 0.717) is 22.9 Å². The zero-order chi connectivity index (χ0) is 21.0. The van der Waals surface area contributed by atoms with Gasteiger partial charge in [0.15, 0.2) is 6.61 Å². The number of amides is 1. The molecule has 9 heteroatoms. The van der Waals surface area contributed by atoms with Crippen LogP contribution in [0.25, 0.3) is 10.1 Å². The molecule has 0 saturated carbocycles. The second kappa shape index (κ2) is 9.02. The molecule has 2 aromatic carbocycles. The second-order valence-corrected chi connectivity index (χ2v) is 7.26. The molecule has 0 aliphatic rings. The maximum Gasteiger partial charge on any atom is 0.350 e. The summed E-state index contributed by atoms with van der Waals surface area (Å²) in [6.45, 7) is -0.466. The van der Waals surface area contributed by atoms with Crippen LogP contribution in [0.2, 0.25) is 5.02 Å². The van der Waals surface area contributed by atoms with Crippen LogP contribution in [0, 0.1) is 0 Å². The third-order valence-corrected chi connectivity index (χ3v) is 5.63. The predicted octanol–water partition coefficient (Wildman–Crippen LogP) is 4.38. The molecule has 0 aliphatic carbocycles. The number of nitrogens with one attached hydrogen (secondary N) is 1. The van der Waals surface area contributed by atoms with Gasteiger partial charge in [-0.25, -0.2) is 4.79 Å². The first-order chi connectivity index (χ1) is 13.9. The van der Waals surface area contributed by atoms with Crippen LogP contribution in [0.3, 0.4) is 0 Å². The van der Waals surface area contributed by atoms with Gasteiger partial charge in [-0.3, -0.25) is 4.79 Å². The highest BCUT2D eigenvalue weighted by Crippen LogP contribution is 2.37. The highest BCUT2D eigenvalue weighted by atomic mass is 35.5. The van der Waals surface area contributed by atoms with Crippen molar-refractivity contribution in [2.24, 2.45) is 0 Å². The van der Waals surface area contributed by atoms with E-state index in [2.05, 4.69) is 5.32 Å².